The first kappa shape index (κ1) is 18.1. The van der Waals surface area contributed by atoms with Crippen molar-refractivity contribution < 1.29 is 8.42 Å². The molecule has 5 rings (SSSR count). The summed E-state index contributed by atoms with van der Waals surface area (Å²) in [5.41, 5.74) is 2.43. The summed E-state index contributed by atoms with van der Waals surface area (Å²) in [6.45, 7) is 5.20. The minimum absolute atomic E-state index is 0.159. The van der Waals surface area contributed by atoms with E-state index in [-0.39, 0.29) is 6.04 Å². The number of aromatic nitrogens is 3. The number of anilines is 1. The molecular formula is C19H22ClN5O2S. The zero-order valence-corrected chi connectivity index (χ0v) is 17.2. The minimum Gasteiger partial charge on any atom is -0.353 e. The first-order chi connectivity index (χ1) is 13.4. The molecule has 9 heteroatoms. The fourth-order valence-electron chi connectivity index (χ4n) is 4.37. The van der Waals surface area contributed by atoms with Crippen LogP contribution in [0.4, 0.5) is 5.82 Å². The fraction of sp³-hybridized carbons (Fsp3) is 0.474. The predicted molar refractivity (Wildman–Crippen MR) is 111 cm³/mol. The second-order valence-corrected chi connectivity index (χ2v) is 10.3. The van der Waals surface area contributed by atoms with Gasteiger partial charge in [-0.1, -0.05) is 23.7 Å². The van der Waals surface area contributed by atoms with Crippen LogP contribution in [0, 0.1) is 6.92 Å². The number of halogens is 1. The van der Waals surface area contributed by atoms with Crippen molar-refractivity contribution >= 4 is 43.8 Å². The van der Waals surface area contributed by atoms with Crippen LogP contribution in [0.15, 0.2) is 24.3 Å². The molecule has 0 aliphatic carbocycles. The number of piperazine rings is 1. The maximum Gasteiger partial charge on any atom is 0.176 e. The van der Waals surface area contributed by atoms with Gasteiger partial charge in [0.05, 0.1) is 22.7 Å². The molecule has 1 atom stereocenters. The van der Waals surface area contributed by atoms with Crippen LogP contribution in [0.3, 0.4) is 0 Å². The first-order valence-corrected chi connectivity index (χ1v) is 11.8. The molecule has 2 aliphatic rings. The first-order valence-electron chi connectivity index (χ1n) is 9.56. The van der Waals surface area contributed by atoms with Crippen molar-refractivity contribution in [3.8, 4) is 0 Å². The van der Waals surface area contributed by atoms with E-state index in [0.717, 1.165) is 55.0 Å². The molecule has 2 aliphatic heterocycles. The summed E-state index contributed by atoms with van der Waals surface area (Å²) in [4.78, 5) is 9.47. The molecule has 2 aromatic heterocycles. The summed E-state index contributed by atoms with van der Waals surface area (Å²) in [6.07, 6.45) is 0.750. The SMILES string of the molecule is Cc1nn2c(nc(N3CCN([C@H]4CCS(=O)(=O)C4)CC3)c3ccccc32)c1Cl. The number of hydrogen-bond donors (Lipinski definition) is 0. The van der Waals surface area contributed by atoms with E-state index in [9.17, 15) is 8.42 Å². The van der Waals surface area contributed by atoms with Gasteiger partial charge in [0.1, 0.15) is 10.8 Å². The molecule has 1 aromatic carbocycles. The highest BCUT2D eigenvalue weighted by Gasteiger charge is 2.34. The lowest BCUT2D eigenvalue weighted by atomic mass is 10.1. The zero-order chi connectivity index (χ0) is 19.5. The van der Waals surface area contributed by atoms with Crippen molar-refractivity contribution in [1.82, 2.24) is 19.5 Å². The zero-order valence-electron chi connectivity index (χ0n) is 15.7. The number of rotatable bonds is 2. The summed E-state index contributed by atoms with van der Waals surface area (Å²) in [5.74, 6) is 1.54. The average molecular weight is 420 g/mol. The Bertz CT molecular complexity index is 1170. The smallest absolute Gasteiger partial charge is 0.176 e. The van der Waals surface area contributed by atoms with Crippen molar-refractivity contribution in [2.24, 2.45) is 0 Å². The number of para-hydroxylation sites is 1. The summed E-state index contributed by atoms with van der Waals surface area (Å²) >= 11 is 6.46. The molecule has 3 aromatic rings. The minimum atomic E-state index is -2.86. The van der Waals surface area contributed by atoms with Gasteiger partial charge in [0.15, 0.2) is 15.5 Å². The predicted octanol–water partition coefficient (Wildman–Crippen LogP) is 2.15. The fourth-order valence-corrected chi connectivity index (χ4v) is 6.29. The largest absolute Gasteiger partial charge is 0.353 e. The highest BCUT2D eigenvalue weighted by molar-refractivity contribution is 7.91. The Morgan fingerprint density at radius 2 is 1.89 bits per heavy atom. The van der Waals surface area contributed by atoms with Gasteiger partial charge in [-0.25, -0.2) is 17.9 Å². The quantitative estimate of drug-likeness (QED) is 0.633. The lowest BCUT2D eigenvalue weighted by molar-refractivity contribution is 0.200. The van der Waals surface area contributed by atoms with Gasteiger partial charge in [0.25, 0.3) is 0 Å². The van der Waals surface area contributed by atoms with E-state index >= 15 is 0 Å². The Labute approximate surface area is 168 Å². The number of benzene rings is 1. The van der Waals surface area contributed by atoms with Crippen LogP contribution in [0.1, 0.15) is 12.1 Å². The molecular weight excluding hydrogens is 398 g/mol. The second-order valence-electron chi connectivity index (χ2n) is 7.67. The molecule has 28 heavy (non-hydrogen) atoms. The van der Waals surface area contributed by atoms with Crippen molar-refractivity contribution in [2.45, 2.75) is 19.4 Å². The Morgan fingerprint density at radius 3 is 2.61 bits per heavy atom. The number of hydrogen-bond acceptors (Lipinski definition) is 6. The lowest BCUT2D eigenvalue weighted by Gasteiger charge is -2.38. The Hall–Kier alpha value is -1.90. The van der Waals surface area contributed by atoms with Gasteiger partial charge in [-0.2, -0.15) is 5.10 Å². The van der Waals surface area contributed by atoms with Crippen LogP contribution in [-0.4, -0.2) is 71.6 Å². The summed E-state index contributed by atoms with van der Waals surface area (Å²) in [5, 5.41) is 6.18. The number of fused-ring (bicyclic) bond motifs is 3. The summed E-state index contributed by atoms with van der Waals surface area (Å²) in [6, 6.07) is 8.27. The third-order valence-corrected chi connectivity index (χ3v) is 8.08. The molecule has 0 bridgehead atoms. The number of aryl methyl sites for hydroxylation is 1. The molecule has 0 radical (unpaired) electrons. The Balaban J connectivity index is 1.47. The van der Waals surface area contributed by atoms with Crippen molar-refractivity contribution in [1.29, 1.82) is 0 Å². The van der Waals surface area contributed by atoms with Gasteiger partial charge in [0, 0.05) is 37.6 Å². The van der Waals surface area contributed by atoms with Crippen LogP contribution in [0.2, 0.25) is 5.02 Å². The normalized spacial score (nSPS) is 23.1. The lowest BCUT2D eigenvalue weighted by Crippen LogP contribution is -2.51. The molecule has 2 fully saturated rings. The standard InChI is InChI=1S/C19H22ClN5O2S/c1-13-17(20)19-21-18(15-4-2-3-5-16(15)25(19)22-13)24-9-7-23(8-10-24)14-6-11-28(26,27)12-14/h2-5,14H,6-12H2,1H3/t14-/m0/s1. The van der Waals surface area contributed by atoms with Gasteiger partial charge in [-0.3, -0.25) is 4.90 Å². The van der Waals surface area contributed by atoms with E-state index in [1.54, 1.807) is 0 Å². The molecule has 4 heterocycles. The van der Waals surface area contributed by atoms with Gasteiger partial charge in [-0.15, -0.1) is 0 Å². The van der Waals surface area contributed by atoms with E-state index in [2.05, 4.69) is 21.0 Å². The van der Waals surface area contributed by atoms with Crippen molar-refractivity contribution in [3.05, 3.63) is 35.0 Å². The average Bonchev–Trinajstić information content (AvgIpc) is 3.21. The van der Waals surface area contributed by atoms with Crippen molar-refractivity contribution in [2.75, 3.05) is 42.6 Å². The van der Waals surface area contributed by atoms with E-state index in [1.165, 1.54) is 0 Å². The van der Waals surface area contributed by atoms with E-state index in [4.69, 9.17) is 16.6 Å². The Kier molecular flexibility index (Phi) is 4.26. The third-order valence-electron chi connectivity index (χ3n) is 5.89. The molecule has 0 spiro atoms. The summed E-state index contributed by atoms with van der Waals surface area (Å²) < 4.78 is 25.4. The van der Waals surface area contributed by atoms with Crippen molar-refractivity contribution in [3.63, 3.8) is 0 Å². The monoisotopic (exact) mass is 419 g/mol. The van der Waals surface area contributed by atoms with Crippen LogP contribution in [0.5, 0.6) is 0 Å². The molecule has 0 N–H and O–H groups in total. The van der Waals surface area contributed by atoms with Gasteiger partial charge in [-0.05, 0) is 25.5 Å². The molecule has 148 valence electrons. The highest BCUT2D eigenvalue weighted by atomic mass is 35.5. The van der Waals surface area contributed by atoms with E-state index in [0.29, 0.717) is 22.2 Å². The van der Waals surface area contributed by atoms with Crippen LogP contribution >= 0.6 is 11.6 Å². The van der Waals surface area contributed by atoms with Crippen LogP contribution < -0.4 is 4.90 Å². The van der Waals surface area contributed by atoms with E-state index in [1.807, 2.05) is 29.6 Å². The maximum absolute atomic E-state index is 11.8. The van der Waals surface area contributed by atoms with Gasteiger partial charge in [0.2, 0.25) is 0 Å². The van der Waals surface area contributed by atoms with Crippen LogP contribution in [-0.2, 0) is 9.84 Å². The van der Waals surface area contributed by atoms with Gasteiger partial charge < -0.3 is 4.90 Å². The highest BCUT2D eigenvalue weighted by Crippen LogP contribution is 2.31. The maximum atomic E-state index is 11.8. The Morgan fingerprint density at radius 1 is 1.14 bits per heavy atom. The molecule has 7 nitrogen and oxygen atoms in total. The topological polar surface area (TPSA) is 70.8 Å². The van der Waals surface area contributed by atoms with Crippen LogP contribution in [0.25, 0.3) is 16.6 Å². The molecule has 2 saturated heterocycles. The number of nitrogens with zero attached hydrogens (tertiary/aromatic N) is 5. The molecule has 0 unspecified atom stereocenters. The molecule has 0 saturated carbocycles. The second kappa shape index (κ2) is 6.57. The summed E-state index contributed by atoms with van der Waals surface area (Å²) in [7, 11) is -2.86. The third kappa shape index (κ3) is 2.94. The molecule has 0 amide bonds. The number of sulfone groups is 1. The van der Waals surface area contributed by atoms with Gasteiger partial charge >= 0.3 is 0 Å². The van der Waals surface area contributed by atoms with E-state index < -0.39 is 9.84 Å².